The first-order valence-electron chi connectivity index (χ1n) is 8.71. The fraction of sp³-hybridized carbons (Fsp3) is 0.182. The molecule has 2 nitrogen and oxygen atoms in total. The van der Waals surface area contributed by atoms with E-state index < -0.39 is 0 Å². The number of halogens is 1. The van der Waals surface area contributed by atoms with Crippen LogP contribution in [0.15, 0.2) is 61.1 Å². The van der Waals surface area contributed by atoms with Gasteiger partial charge in [0.25, 0.3) is 0 Å². The molecule has 1 aliphatic carbocycles. The van der Waals surface area contributed by atoms with Gasteiger partial charge in [0.1, 0.15) is 0 Å². The topological polar surface area (TPSA) is 25.8 Å². The van der Waals surface area contributed by atoms with E-state index in [4.69, 9.17) is 11.6 Å². The van der Waals surface area contributed by atoms with E-state index in [9.17, 15) is 0 Å². The molecule has 3 aromatic carbocycles. The molecule has 1 aliphatic rings. The molecule has 0 fully saturated rings. The van der Waals surface area contributed by atoms with Gasteiger partial charge in [-0.25, -0.2) is 0 Å². The molecular weight excluding hydrogens is 328 g/mol. The molecule has 25 heavy (non-hydrogen) atoms. The lowest BCUT2D eigenvalue weighted by molar-refractivity contribution is 0.605. The Kier molecular flexibility index (Phi) is 3.46. The van der Waals surface area contributed by atoms with E-state index in [2.05, 4.69) is 46.4 Å². The number of aromatic nitrogens is 2. The Morgan fingerprint density at radius 1 is 0.920 bits per heavy atom. The molecule has 1 unspecified atom stereocenters. The van der Waals surface area contributed by atoms with E-state index >= 15 is 0 Å². The SMILES string of the molecule is Clc1ccc2ccc3c4c(ccc3c2c1)C(c1cnccn1)CCC4. The van der Waals surface area contributed by atoms with Crippen LogP contribution in [0.25, 0.3) is 21.5 Å². The molecule has 1 atom stereocenters. The third kappa shape index (κ3) is 2.40. The smallest absolute Gasteiger partial charge is 0.0661 e. The predicted octanol–water partition coefficient (Wildman–Crippen LogP) is 5.90. The lowest BCUT2D eigenvalue weighted by atomic mass is 9.78. The summed E-state index contributed by atoms with van der Waals surface area (Å²) in [5, 5.41) is 5.89. The first-order chi connectivity index (χ1) is 12.3. The lowest BCUT2D eigenvalue weighted by Gasteiger charge is -2.26. The minimum absolute atomic E-state index is 0.344. The summed E-state index contributed by atoms with van der Waals surface area (Å²) < 4.78 is 0. The Labute approximate surface area is 151 Å². The van der Waals surface area contributed by atoms with Crippen LogP contribution < -0.4 is 0 Å². The van der Waals surface area contributed by atoms with Gasteiger partial charge in [-0.15, -0.1) is 0 Å². The number of hydrogen-bond donors (Lipinski definition) is 0. The summed E-state index contributed by atoms with van der Waals surface area (Å²) in [6, 6.07) is 15.1. The normalized spacial score (nSPS) is 16.9. The largest absolute Gasteiger partial charge is 0.261 e. The second kappa shape index (κ2) is 5.82. The fourth-order valence-electron chi connectivity index (χ4n) is 4.23. The zero-order valence-corrected chi connectivity index (χ0v) is 14.5. The van der Waals surface area contributed by atoms with E-state index in [0.29, 0.717) is 5.92 Å². The second-order valence-corrected chi connectivity index (χ2v) is 7.17. The second-order valence-electron chi connectivity index (χ2n) is 6.73. The zero-order valence-electron chi connectivity index (χ0n) is 13.7. The summed E-state index contributed by atoms with van der Waals surface area (Å²) >= 11 is 6.25. The van der Waals surface area contributed by atoms with Crippen molar-refractivity contribution in [2.24, 2.45) is 0 Å². The first-order valence-corrected chi connectivity index (χ1v) is 9.09. The van der Waals surface area contributed by atoms with Gasteiger partial charge in [0.2, 0.25) is 0 Å². The molecule has 1 aromatic heterocycles. The van der Waals surface area contributed by atoms with Crippen molar-refractivity contribution in [3.05, 3.63) is 82.9 Å². The number of aryl methyl sites for hydroxylation is 1. The van der Waals surface area contributed by atoms with E-state index in [0.717, 1.165) is 23.6 Å². The van der Waals surface area contributed by atoms with Gasteiger partial charge in [0, 0.05) is 29.5 Å². The van der Waals surface area contributed by atoms with Gasteiger partial charge in [0.05, 0.1) is 5.69 Å². The van der Waals surface area contributed by atoms with Crippen molar-refractivity contribution in [2.75, 3.05) is 0 Å². The molecule has 5 rings (SSSR count). The van der Waals surface area contributed by atoms with Crippen molar-refractivity contribution >= 4 is 33.1 Å². The number of fused-ring (bicyclic) bond motifs is 5. The maximum absolute atomic E-state index is 6.25. The summed E-state index contributed by atoms with van der Waals surface area (Å²) in [4.78, 5) is 8.83. The van der Waals surface area contributed by atoms with Gasteiger partial charge in [-0.1, -0.05) is 41.9 Å². The van der Waals surface area contributed by atoms with Crippen LogP contribution >= 0.6 is 11.6 Å². The molecule has 0 spiro atoms. The molecule has 0 N–H and O–H groups in total. The summed E-state index contributed by atoms with van der Waals surface area (Å²) in [6.07, 6.45) is 8.88. The van der Waals surface area contributed by atoms with E-state index in [1.807, 2.05) is 12.3 Å². The zero-order chi connectivity index (χ0) is 16.8. The maximum Gasteiger partial charge on any atom is 0.0661 e. The monoisotopic (exact) mass is 344 g/mol. The molecule has 0 saturated carbocycles. The summed E-state index contributed by atoms with van der Waals surface area (Å²) in [5.74, 6) is 0.344. The fourth-order valence-corrected chi connectivity index (χ4v) is 4.40. The van der Waals surface area contributed by atoms with Crippen LogP contribution in [0.5, 0.6) is 0 Å². The van der Waals surface area contributed by atoms with Gasteiger partial charge in [-0.3, -0.25) is 9.97 Å². The molecule has 4 aromatic rings. The van der Waals surface area contributed by atoms with Crippen LogP contribution in [0.1, 0.15) is 35.6 Å². The lowest BCUT2D eigenvalue weighted by Crippen LogP contribution is -2.13. The molecule has 122 valence electrons. The van der Waals surface area contributed by atoms with Gasteiger partial charge in [-0.05, 0) is 64.1 Å². The van der Waals surface area contributed by atoms with Gasteiger partial charge >= 0.3 is 0 Å². The number of nitrogens with zero attached hydrogens (tertiary/aromatic N) is 2. The number of rotatable bonds is 1. The summed E-state index contributed by atoms with van der Waals surface area (Å²) in [5.41, 5.74) is 3.94. The van der Waals surface area contributed by atoms with E-state index in [1.165, 1.54) is 39.1 Å². The minimum Gasteiger partial charge on any atom is -0.261 e. The number of benzene rings is 3. The quantitative estimate of drug-likeness (QED) is 0.401. The van der Waals surface area contributed by atoms with Gasteiger partial charge < -0.3 is 0 Å². The highest BCUT2D eigenvalue weighted by atomic mass is 35.5. The van der Waals surface area contributed by atoms with E-state index in [1.54, 1.807) is 12.4 Å². The van der Waals surface area contributed by atoms with Crippen LogP contribution in [-0.2, 0) is 6.42 Å². The van der Waals surface area contributed by atoms with Crippen LogP contribution in [0, 0.1) is 0 Å². The van der Waals surface area contributed by atoms with Crippen molar-refractivity contribution in [1.29, 1.82) is 0 Å². The predicted molar refractivity (Wildman–Crippen MR) is 103 cm³/mol. The molecule has 0 amide bonds. The van der Waals surface area contributed by atoms with Crippen LogP contribution in [0.2, 0.25) is 5.02 Å². The van der Waals surface area contributed by atoms with Gasteiger partial charge in [0.15, 0.2) is 0 Å². The molecule has 0 aliphatic heterocycles. The third-order valence-corrected chi connectivity index (χ3v) is 5.60. The average molecular weight is 345 g/mol. The Balaban J connectivity index is 1.77. The van der Waals surface area contributed by atoms with Crippen LogP contribution in [0.4, 0.5) is 0 Å². The van der Waals surface area contributed by atoms with E-state index in [-0.39, 0.29) is 0 Å². The standard InChI is InChI=1S/C22H17ClN2/c23-15-6-4-14-5-7-17-16-2-1-3-20(22-13-24-10-11-25-22)18(16)8-9-19(17)21(14)12-15/h4-13,20H,1-3H2. The van der Waals surface area contributed by atoms with Crippen molar-refractivity contribution in [3.63, 3.8) is 0 Å². The first kappa shape index (κ1) is 14.9. The van der Waals surface area contributed by atoms with Crippen LogP contribution in [0.3, 0.4) is 0 Å². The van der Waals surface area contributed by atoms with Crippen molar-refractivity contribution in [2.45, 2.75) is 25.2 Å². The maximum atomic E-state index is 6.25. The molecule has 0 radical (unpaired) electrons. The Morgan fingerprint density at radius 2 is 1.80 bits per heavy atom. The Morgan fingerprint density at radius 3 is 2.68 bits per heavy atom. The Hall–Kier alpha value is -2.45. The summed E-state index contributed by atoms with van der Waals surface area (Å²) in [7, 11) is 0. The van der Waals surface area contributed by atoms with Crippen molar-refractivity contribution in [1.82, 2.24) is 9.97 Å². The molecule has 0 saturated heterocycles. The third-order valence-electron chi connectivity index (χ3n) is 5.36. The average Bonchev–Trinajstić information content (AvgIpc) is 2.67. The molecule has 0 bridgehead atoms. The van der Waals surface area contributed by atoms with Gasteiger partial charge in [-0.2, -0.15) is 0 Å². The highest BCUT2D eigenvalue weighted by Gasteiger charge is 2.24. The van der Waals surface area contributed by atoms with Crippen molar-refractivity contribution in [3.8, 4) is 0 Å². The summed E-state index contributed by atoms with van der Waals surface area (Å²) in [6.45, 7) is 0. The minimum atomic E-state index is 0.344. The Bertz CT molecular complexity index is 1090. The van der Waals surface area contributed by atoms with Crippen LogP contribution in [-0.4, -0.2) is 9.97 Å². The highest BCUT2D eigenvalue weighted by Crippen LogP contribution is 2.40. The molecule has 1 heterocycles. The molecular formula is C22H17ClN2. The van der Waals surface area contributed by atoms with Crippen molar-refractivity contribution < 1.29 is 0 Å². The molecule has 3 heteroatoms. The highest BCUT2D eigenvalue weighted by molar-refractivity contribution is 6.31. The number of hydrogen-bond acceptors (Lipinski definition) is 2.